The number of aryl methyl sites for hydroxylation is 2. The summed E-state index contributed by atoms with van der Waals surface area (Å²) < 4.78 is 26.3. The first-order chi connectivity index (χ1) is 20.2. The number of hydrogen-bond donors (Lipinski definition) is 0. The minimum absolute atomic E-state index is 0.0612. The number of benzene rings is 1. The molecule has 0 aliphatic carbocycles. The maximum atomic E-state index is 13.9. The van der Waals surface area contributed by atoms with Gasteiger partial charge in [0.25, 0.3) is 0 Å². The Labute approximate surface area is 241 Å². The van der Waals surface area contributed by atoms with Gasteiger partial charge < -0.3 is 18.9 Å². The molecule has 0 N–H and O–H groups in total. The molecule has 14 heteroatoms. The molecule has 2 aliphatic rings. The number of ketones is 1. The van der Waals surface area contributed by atoms with Crippen LogP contribution in [-0.4, -0.2) is 84.2 Å². The van der Waals surface area contributed by atoms with Gasteiger partial charge in [0.15, 0.2) is 29.8 Å². The van der Waals surface area contributed by atoms with Crippen LogP contribution in [0.25, 0.3) is 11.3 Å². The van der Waals surface area contributed by atoms with E-state index in [9.17, 15) is 19.2 Å². The van der Waals surface area contributed by atoms with Crippen LogP contribution in [0.1, 0.15) is 56.2 Å². The second-order valence-corrected chi connectivity index (χ2v) is 10.3. The minimum Gasteiger partial charge on any atom is -0.456 e. The molecule has 2 aliphatic heterocycles. The lowest BCUT2D eigenvalue weighted by Gasteiger charge is -2.44. The Hall–Kier alpha value is -4.46. The van der Waals surface area contributed by atoms with Crippen molar-refractivity contribution in [1.29, 1.82) is 0 Å². The topological polar surface area (TPSA) is 167 Å². The van der Waals surface area contributed by atoms with Crippen LogP contribution < -0.4 is 0 Å². The van der Waals surface area contributed by atoms with Crippen LogP contribution in [0.4, 0.5) is 0 Å². The Bertz CT molecular complexity index is 1450. The highest BCUT2D eigenvalue weighted by Crippen LogP contribution is 2.33. The van der Waals surface area contributed by atoms with Crippen molar-refractivity contribution in [1.82, 2.24) is 30.0 Å². The van der Waals surface area contributed by atoms with E-state index in [1.54, 1.807) is 15.6 Å². The average molecular weight is 581 g/mol. The van der Waals surface area contributed by atoms with Crippen LogP contribution in [-0.2, 0) is 52.8 Å². The fraction of sp³-hybridized carbons (Fsp3) is 0.500. The summed E-state index contributed by atoms with van der Waals surface area (Å²) in [5, 5.41) is 17.0. The van der Waals surface area contributed by atoms with Gasteiger partial charge in [-0.05, 0) is 19.3 Å². The van der Waals surface area contributed by atoms with E-state index in [1.165, 1.54) is 20.8 Å². The third-order valence-corrected chi connectivity index (χ3v) is 7.08. The van der Waals surface area contributed by atoms with E-state index in [-0.39, 0.29) is 18.7 Å². The van der Waals surface area contributed by atoms with Crippen LogP contribution in [0.5, 0.6) is 0 Å². The normalized spacial score (nSPS) is 24.5. The van der Waals surface area contributed by atoms with E-state index in [0.29, 0.717) is 18.7 Å². The largest absolute Gasteiger partial charge is 0.456 e. The van der Waals surface area contributed by atoms with E-state index >= 15 is 0 Å². The van der Waals surface area contributed by atoms with E-state index in [2.05, 4.69) is 20.6 Å². The van der Waals surface area contributed by atoms with Crippen LogP contribution in [0.15, 0.2) is 36.5 Å². The molecule has 2 aromatic heterocycles. The summed E-state index contributed by atoms with van der Waals surface area (Å²) in [6, 6.07) is 9.34. The van der Waals surface area contributed by atoms with Crippen molar-refractivity contribution in [3.8, 4) is 11.3 Å². The second-order valence-electron chi connectivity index (χ2n) is 10.3. The summed E-state index contributed by atoms with van der Waals surface area (Å²) in [4.78, 5) is 50.5. The molecule has 1 saturated heterocycles. The van der Waals surface area contributed by atoms with Gasteiger partial charge in [0, 0.05) is 45.5 Å². The number of hydrogen-bond acceptors (Lipinski definition) is 12. The molecule has 0 radical (unpaired) electrons. The molecule has 1 fully saturated rings. The van der Waals surface area contributed by atoms with E-state index in [0.717, 1.165) is 24.1 Å². The van der Waals surface area contributed by atoms with Crippen molar-refractivity contribution in [3.63, 3.8) is 0 Å². The van der Waals surface area contributed by atoms with Crippen molar-refractivity contribution < 1.29 is 38.1 Å². The highest BCUT2D eigenvalue weighted by Gasteiger charge is 2.52. The lowest BCUT2D eigenvalue weighted by Crippen LogP contribution is -2.62. The predicted octanol–water partition coefficient (Wildman–Crippen LogP) is 1.71. The Morgan fingerprint density at radius 3 is 2.21 bits per heavy atom. The number of esters is 3. The van der Waals surface area contributed by atoms with Crippen molar-refractivity contribution in [2.75, 3.05) is 0 Å². The fourth-order valence-electron chi connectivity index (χ4n) is 5.41. The Morgan fingerprint density at radius 2 is 1.52 bits per heavy atom. The molecule has 1 aromatic carbocycles. The Kier molecular flexibility index (Phi) is 8.71. The molecule has 0 saturated carbocycles. The SMILES string of the molecule is CC(=O)O[C@@H]1[C@@H](OC(C)=O)[C@H]2CC(=O)c3nnn(c3-c3ccccc3)CCCCc3cn(nn3)C[C@@H](O2)[C@H]1OC(C)=O. The van der Waals surface area contributed by atoms with Crippen LogP contribution in [0, 0.1) is 0 Å². The summed E-state index contributed by atoms with van der Waals surface area (Å²) in [6.07, 6.45) is -2.07. The first kappa shape index (κ1) is 29.0. The number of carbonyl (C=O) groups is 4. The predicted molar refractivity (Wildman–Crippen MR) is 143 cm³/mol. The molecule has 14 nitrogen and oxygen atoms in total. The van der Waals surface area contributed by atoms with Gasteiger partial charge in [-0.25, -0.2) is 9.36 Å². The number of carbonyl (C=O) groups excluding carboxylic acids is 4. The third kappa shape index (κ3) is 6.54. The maximum absolute atomic E-state index is 13.9. The first-order valence-corrected chi connectivity index (χ1v) is 13.8. The van der Waals surface area contributed by atoms with Gasteiger partial charge in [0.05, 0.1) is 17.9 Å². The zero-order valence-electron chi connectivity index (χ0n) is 23.5. The van der Waals surface area contributed by atoms with E-state index < -0.39 is 54.2 Å². The standard InChI is InChI=1S/C28H32N6O8/c1-16(35)39-26-22-13-21(38)24-25(19-9-5-4-6-10-19)34(32-30-24)12-8-7-11-20-14-33(31-29-20)15-23(42-22)27(40-17(2)36)28(26)41-18(3)37/h4-6,9-10,14,22-23,26-28H,7-8,11-13,15H2,1-3H3/t22-,23-,26+,27-,28-/m1/s1. The number of nitrogens with zero attached hydrogens (tertiary/aromatic N) is 6. The van der Waals surface area contributed by atoms with Crippen molar-refractivity contribution in [3.05, 3.63) is 47.9 Å². The zero-order valence-corrected chi connectivity index (χ0v) is 23.5. The van der Waals surface area contributed by atoms with Gasteiger partial charge in [0.2, 0.25) is 0 Å². The van der Waals surface area contributed by atoms with Gasteiger partial charge in [-0.2, -0.15) is 0 Å². The van der Waals surface area contributed by atoms with Crippen molar-refractivity contribution in [2.24, 2.45) is 0 Å². The summed E-state index contributed by atoms with van der Waals surface area (Å²) in [6.45, 7) is 4.16. The number of fused-ring (bicyclic) bond motifs is 6. The first-order valence-electron chi connectivity index (χ1n) is 13.8. The summed E-state index contributed by atoms with van der Waals surface area (Å²) >= 11 is 0. The fourth-order valence-corrected chi connectivity index (χ4v) is 5.41. The lowest BCUT2D eigenvalue weighted by atomic mass is 9.90. The Morgan fingerprint density at radius 1 is 0.857 bits per heavy atom. The van der Waals surface area contributed by atoms with Crippen molar-refractivity contribution >= 4 is 23.7 Å². The quantitative estimate of drug-likeness (QED) is 0.324. The molecule has 3 aromatic rings. The summed E-state index contributed by atoms with van der Waals surface area (Å²) in [5.41, 5.74) is 2.22. The molecule has 6 bridgehead atoms. The monoisotopic (exact) mass is 580 g/mol. The van der Waals surface area contributed by atoms with Gasteiger partial charge in [-0.15, -0.1) is 10.2 Å². The third-order valence-electron chi connectivity index (χ3n) is 7.08. The number of ether oxygens (including phenoxy) is 4. The number of Topliss-reactive ketones (excluding diaryl/α,β-unsaturated/α-hetero) is 1. The van der Waals surface area contributed by atoms with Crippen LogP contribution in [0.2, 0.25) is 0 Å². The molecular formula is C28H32N6O8. The van der Waals surface area contributed by atoms with E-state index in [1.807, 2.05) is 30.3 Å². The number of rotatable bonds is 4. The molecule has 222 valence electrons. The number of aromatic nitrogens is 6. The maximum Gasteiger partial charge on any atom is 0.303 e. The molecular weight excluding hydrogens is 548 g/mol. The minimum atomic E-state index is -1.27. The molecule has 4 heterocycles. The van der Waals surface area contributed by atoms with Gasteiger partial charge >= 0.3 is 17.9 Å². The molecule has 5 atom stereocenters. The molecule has 42 heavy (non-hydrogen) atoms. The van der Waals surface area contributed by atoms with Crippen LogP contribution in [0.3, 0.4) is 0 Å². The summed E-state index contributed by atoms with van der Waals surface area (Å²) in [5.74, 6) is -2.47. The molecule has 5 rings (SSSR count). The molecule has 0 unspecified atom stereocenters. The highest BCUT2D eigenvalue weighted by molar-refractivity contribution is 6.00. The van der Waals surface area contributed by atoms with E-state index in [4.69, 9.17) is 18.9 Å². The Balaban J connectivity index is 1.60. The van der Waals surface area contributed by atoms with Gasteiger partial charge in [0.1, 0.15) is 12.2 Å². The van der Waals surface area contributed by atoms with Gasteiger partial charge in [-0.1, -0.05) is 40.8 Å². The lowest BCUT2D eigenvalue weighted by molar-refractivity contribution is -0.248. The zero-order chi connectivity index (χ0) is 29.8. The van der Waals surface area contributed by atoms with Crippen LogP contribution >= 0.6 is 0 Å². The average Bonchev–Trinajstić information content (AvgIpc) is 3.57. The highest BCUT2D eigenvalue weighted by atomic mass is 16.6. The van der Waals surface area contributed by atoms with Crippen molar-refractivity contribution in [2.45, 2.75) is 90.1 Å². The molecule has 0 amide bonds. The molecule has 0 spiro atoms. The second kappa shape index (κ2) is 12.6. The van der Waals surface area contributed by atoms with Gasteiger partial charge in [-0.3, -0.25) is 19.2 Å². The summed E-state index contributed by atoms with van der Waals surface area (Å²) in [7, 11) is 0. The smallest absolute Gasteiger partial charge is 0.303 e.